The van der Waals surface area contributed by atoms with E-state index >= 15 is 0 Å². The molecule has 0 N–H and O–H groups in total. The number of rotatable bonds is 6. The number of nitro benzene ring substituents is 1. The second kappa shape index (κ2) is 8.86. The van der Waals surface area contributed by atoms with Gasteiger partial charge in [0.15, 0.2) is 0 Å². The summed E-state index contributed by atoms with van der Waals surface area (Å²) in [5.74, 6) is 1.27. The number of nitro groups is 1. The van der Waals surface area contributed by atoms with Crippen molar-refractivity contribution in [2.24, 2.45) is 4.99 Å². The van der Waals surface area contributed by atoms with Gasteiger partial charge in [0.25, 0.3) is 5.69 Å². The molecule has 0 spiro atoms. The number of esters is 1. The molecule has 1 heterocycles. The number of carbonyl (C=O) groups excluding carboxylic acids is 1. The lowest BCUT2D eigenvalue weighted by Crippen LogP contribution is -2.08. The Bertz CT molecular complexity index is 837. The van der Waals surface area contributed by atoms with Crippen LogP contribution in [0.15, 0.2) is 53.5 Å². The van der Waals surface area contributed by atoms with E-state index in [0.717, 1.165) is 22.2 Å². The molecule has 26 heavy (non-hydrogen) atoms. The van der Waals surface area contributed by atoms with Gasteiger partial charge >= 0.3 is 5.97 Å². The highest BCUT2D eigenvalue weighted by atomic mass is 32.2. The van der Waals surface area contributed by atoms with Crippen LogP contribution < -0.4 is 0 Å². The van der Waals surface area contributed by atoms with E-state index in [9.17, 15) is 14.9 Å². The van der Waals surface area contributed by atoms with Gasteiger partial charge in [-0.25, -0.2) is 4.79 Å². The van der Waals surface area contributed by atoms with E-state index in [1.165, 1.54) is 12.1 Å². The van der Waals surface area contributed by atoms with Crippen LogP contribution in [0.4, 0.5) is 5.69 Å². The fourth-order valence-corrected chi connectivity index (χ4v) is 4.34. The molecule has 0 saturated carbocycles. The van der Waals surface area contributed by atoms with Crippen molar-refractivity contribution < 1.29 is 14.5 Å². The Morgan fingerprint density at radius 2 is 2.00 bits per heavy atom. The topological polar surface area (TPSA) is 81.8 Å². The molecule has 2 aromatic rings. The fraction of sp³-hybridized carbons (Fsp3) is 0.222. The lowest BCUT2D eigenvalue weighted by Gasteiger charge is -2.09. The maximum absolute atomic E-state index is 12.4. The van der Waals surface area contributed by atoms with E-state index in [0.29, 0.717) is 16.9 Å². The van der Waals surface area contributed by atoms with Crippen LogP contribution in [-0.4, -0.2) is 27.6 Å². The minimum atomic E-state index is -0.462. The van der Waals surface area contributed by atoms with E-state index < -0.39 is 10.9 Å². The standard InChI is InChI=1S/C18H16N2O4S2/c21-17(24-11-13-5-7-15(8-6-13)20(22)23)16-4-2-1-3-14(16)12-26-18-19-9-10-25-18/h1-8H,9-12H2. The molecule has 0 saturated heterocycles. The van der Waals surface area contributed by atoms with Gasteiger partial charge in [-0.05, 0) is 29.3 Å². The zero-order valence-corrected chi connectivity index (χ0v) is 15.4. The third kappa shape index (κ3) is 4.86. The molecule has 0 aromatic heterocycles. The molecule has 0 radical (unpaired) electrons. The zero-order valence-electron chi connectivity index (χ0n) is 13.8. The lowest BCUT2D eigenvalue weighted by molar-refractivity contribution is -0.384. The van der Waals surface area contributed by atoms with Crippen LogP contribution in [0.25, 0.3) is 0 Å². The summed E-state index contributed by atoms with van der Waals surface area (Å²) in [5, 5.41) is 10.7. The molecule has 0 aliphatic carbocycles. The highest BCUT2D eigenvalue weighted by Gasteiger charge is 2.15. The van der Waals surface area contributed by atoms with Gasteiger partial charge in [-0.1, -0.05) is 41.7 Å². The SMILES string of the molecule is O=C(OCc1ccc([N+](=O)[O-])cc1)c1ccccc1CSC1=NCCS1. The second-order valence-corrected chi connectivity index (χ2v) is 7.75. The highest BCUT2D eigenvalue weighted by molar-refractivity contribution is 8.38. The first-order valence-corrected chi connectivity index (χ1v) is 9.89. The number of benzene rings is 2. The maximum atomic E-state index is 12.4. The summed E-state index contributed by atoms with van der Waals surface area (Å²) in [4.78, 5) is 27.0. The molecular weight excluding hydrogens is 372 g/mol. The summed E-state index contributed by atoms with van der Waals surface area (Å²) in [7, 11) is 0. The van der Waals surface area contributed by atoms with Crippen molar-refractivity contribution in [2.45, 2.75) is 12.4 Å². The number of aliphatic imine (C=N–C) groups is 1. The largest absolute Gasteiger partial charge is 0.457 e. The molecule has 6 nitrogen and oxygen atoms in total. The Morgan fingerprint density at radius 3 is 2.69 bits per heavy atom. The molecule has 0 unspecified atom stereocenters. The number of hydrogen-bond donors (Lipinski definition) is 0. The van der Waals surface area contributed by atoms with Crippen LogP contribution >= 0.6 is 23.5 Å². The molecule has 8 heteroatoms. The van der Waals surface area contributed by atoms with Gasteiger partial charge in [0.2, 0.25) is 0 Å². The third-order valence-electron chi connectivity index (χ3n) is 3.66. The van der Waals surface area contributed by atoms with Gasteiger partial charge in [0.05, 0.1) is 17.0 Å². The summed E-state index contributed by atoms with van der Waals surface area (Å²) in [6.45, 7) is 0.923. The van der Waals surface area contributed by atoms with Crippen LogP contribution in [0, 0.1) is 10.1 Å². The Kier molecular flexibility index (Phi) is 6.30. The Balaban J connectivity index is 1.61. The predicted octanol–water partition coefficient (Wildman–Crippen LogP) is 4.29. The number of ether oxygens (including phenoxy) is 1. The number of nitrogens with zero attached hydrogens (tertiary/aromatic N) is 2. The highest BCUT2D eigenvalue weighted by Crippen LogP contribution is 2.26. The molecule has 2 aromatic carbocycles. The summed E-state index contributed by atoms with van der Waals surface area (Å²) < 4.78 is 6.43. The fourth-order valence-electron chi connectivity index (χ4n) is 2.33. The number of non-ortho nitro benzene ring substituents is 1. The first-order valence-electron chi connectivity index (χ1n) is 7.92. The number of thioether (sulfide) groups is 2. The summed E-state index contributed by atoms with van der Waals surface area (Å²) in [5.41, 5.74) is 2.15. The van der Waals surface area contributed by atoms with Gasteiger partial charge in [0, 0.05) is 23.6 Å². The predicted molar refractivity (Wildman–Crippen MR) is 105 cm³/mol. The molecule has 0 bridgehead atoms. The van der Waals surface area contributed by atoms with E-state index in [1.54, 1.807) is 47.8 Å². The van der Waals surface area contributed by atoms with Crippen LogP contribution in [0.1, 0.15) is 21.5 Å². The summed E-state index contributed by atoms with van der Waals surface area (Å²) in [6, 6.07) is 13.3. The first-order chi connectivity index (χ1) is 12.6. The van der Waals surface area contributed by atoms with Crippen molar-refractivity contribution in [3.05, 3.63) is 75.3 Å². The first kappa shape index (κ1) is 18.5. The Hall–Kier alpha value is -2.32. The van der Waals surface area contributed by atoms with Crippen LogP contribution in [0.2, 0.25) is 0 Å². The molecule has 1 aliphatic heterocycles. The second-order valence-electron chi connectivity index (χ2n) is 5.44. The van der Waals surface area contributed by atoms with Crippen molar-refractivity contribution in [1.82, 2.24) is 0 Å². The third-order valence-corrected chi connectivity index (χ3v) is 5.96. The molecule has 0 amide bonds. The van der Waals surface area contributed by atoms with E-state index in [2.05, 4.69) is 4.99 Å². The van der Waals surface area contributed by atoms with Crippen molar-refractivity contribution in [2.75, 3.05) is 12.3 Å². The maximum Gasteiger partial charge on any atom is 0.338 e. The minimum absolute atomic E-state index is 0.00939. The molecule has 0 atom stereocenters. The van der Waals surface area contributed by atoms with E-state index in [4.69, 9.17) is 4.74 Å². The molecule has 3 rings (SSSR count). The van der Waals surface area contributed by atoms with E-state index in [-0.39, 0.29) is 12.3 Å². The Morgan fingerprint density at radius 1 is 1.23 bits per heavy atom. The summed E-state index contributed by atoms with van der Waals surface area (Å²) in [6.07, 6.45) is 0. The monoisotopic (exact) mass is 388 g/mol. The smallest absolute Gasteiger partial charge is 0.338 e. The normalized spacial score (nSPS) is 13.3. The van der Waals surface area contributed by atoms with Crippen molar-refractivity contribution in [3.63, 3.8) is 0 Å². The van der Waals surface area contributed by atoms with Crippen molar-refractivity contribution in [3.8, 4) is 0 Å². The molecule has 134 valence electrons. The van der Waals surface area contributed by atoms with Crippen LogP contribution in [0.3, 0.4) is 0 Å². The van der Waals surface area contributed by atoms with Gasteiger partial charge in [-0.15, -0.1) is 0 Å². The average molecular weight is 388 g/mol. The van der Waals surface area contributed by atoms with Crippen LogP contribution in [-0.2, 0) is 17.1 Å². The molecular formula is C18H16N2O4S2. The number of carbonyl (C=O) groups is 1. The average Bonchev–Trinajstić information content (AvgIpc) is 3.18. The molecule has 1 aliphatic rings. The summed E-state index contributed by atoms with van der Waals surface area (Å²) >= 11 is 3.36. The molecule has 0 fully saturated rings. The van der Waals surface area contributed by atoms with Crippen molar-refractivity contribution in [1.29, 1.82) is 0 Å². The van der Waals surface area contributed by atoms with Crippen molar-refractivity contribution >= 4 is 39.6 Å². The minimum Gasteiger partial charge on any atom is -0.457 e. The van der Waals surface area contributed by atoms with Gasteiger partial charge in [-0.2, -0.15) is 0 Å². The van der Waals surface area contributed by atoms with Gasteiger partial charge in [-0.3, -0.25) is 15.1 Å². The number of hydrogen-bond acceptors (Lipinski definition) is 7. The Labute approximate surface area is 159 Å². The van der Waals surface area contributed by atoms with Gasteiger partial charge < -0.3 is 4.74 Å². The van der Waals surface area contributed by atoms with E-state index in [1.807, 2.05) is 12.1 Å². The lowest BCUT2D eigenvalue weighted by atomic mass is 10.1. The van der Waals surface area contributed by atoms with Crippen LogP contribution in [0.5, 0.6) is 0 Å². The quantitative estimate of drug-likeness (QED) is 0.417. The van der Waals surface area contributed by atoms with Gasteiger partial charge in [0.1, 0.15) is 11.0 Å². The zero-order chi connectivity index (χ0) is 18.4.